The summed E-state index contributed by atoms with van der Waals surface area (Å²) in [5.41, 5.74) is 2.19. The molecule has 2 rings (SSSR count). The van der Waals surface area contributed by atoms with E-state index in [1.807, 2.05) is 35.2 Å². The fraction of sp³-hybridized carbons (Fsp3) is 0.231. The van der Waals surface area contributed by atoms with Gasteiger partial charge in [0.05, 0.1) is 6.10 Å². The molecule has 4 heteroatoms. The molecule has 0 aliphatic heterocycles. The van der Waals surface area contributed by atoms with Gasteiger partial charge in [0, 0.05) is 30.7 Å². The monoisotopic (exact) mass is 227 g/mol. The molecule has 2 aromatic heterocycles. The van der Waals surface area contributed by atoms with Crippen LogP contribution < -0.4 is 0 Å². The summed E-state index contributed by atoms with van der Waals surface area (Å²) in [5.74, 6) is 0. The van der Waals surface area contributed by atoms with E-state index in [0.717, 1.165) is 11.1 Å². The molecule has 4 nitrogen and oxygen atoms in total. The second kappa shape index (κ2) is 4.81. The van der Waals surface area contributed by atoms with Gasteiger partial charge in [0.25, 0.3) is 0 Å². The number of aliphatic hydroxyl groups excluding tert-OH is 1. The molecule has 1 atom stereocenters. The summed E-state index contributed by atoms with van der Waals surface area (Å²) in [6, 6.07) is 7.64. The van der Waals surface area contributed by atoms with Crippen molar-refractivity contribution in [2.45, 2.75) is 19.6 Å². The Balaban J connectivity index is 2.23. The van der Waals surface area contributed by atoms with Gasteiger partial charge in [-0.2, -0.15) is 5.26 Å². The normalized spacial score (nSPS) is 12.1. The molecule has 0 bridgehead atoms. The van der Waals surface area contributed by atoms with E-state index >= 15 is 0 Å². The van der Waals surface area contributed by atoms with Gasteiger partial charge in [-0.15, -0.1) is 0 Å². The van der Waals surface area contributed by atoms with Crippen LogP contribution in [0.4, 0.5) is 0 Å². The van der Waals surface area contributed by atoms with Crippen LogP contribution in [0.5, 0.6) is 0 Å². The van der Waals surface area contributed by atoms with Crippen molar-refractivity contribution in [3.63, 3.8) is 0 Å². The predicted molar refractivity (Wildman–Crippen MR) is 63.1 cm³/mol. The molecule has 2 aromatic rings. The summed E-state index contributed by atoms with van der Waals surface area (Å²) in [6.07, 6.45) is 4.90. The summed E-state index contributed by atoms with van der Waals surface area (Å²) in [4.78, 5) is 4.01. The highest BCUT2D eigenvalue weighted by Gasteiger charge is 2.06. The Hall–Kier alpha value is -2.12. The van der Waals surface area contributed by atoms with Gasteiger partial charge in [0.1, 0.15) is 11.8 Å². The third kappa shape index (κ3) is 2.52. The second-order valence-electron chi connectivity index (χ2n) is 3.92. The molecule has 0 saturated heterocycles. The van der Waals surface area contributed by atoms with Gasteiger partial charge in [-0.1, -0.05) is 6.07 Å². The van der Waals surface area contributed by atoms with Crippen molar-refractivity contribution in [1.82, 2.24) is 9.55 Å². The topological polar surface area (TPSA) is 61.8 Å². The first-order chi connectivity index (χ1) is 8.20. The minimum Gasteiger partial charge on any atom is -0.389 e. The van der Waals surface area contributed by atoms with Crippen LogP contribution in [-0.2, 0) is 6.54 Å². The molecular weight excluding hydrogens is 214 g/mol. The summed E-state index contributed by atoms with van der Waals surface area (Å²) >= 11 is 0. The lowest BCUT2D eigenvalue weighted by molar-refractivity contribution is 0.199. The molecule has 0 radical (unpaired) electrons. The zero-order valence-corrected chi connectivity index (χ0v) is 9.54. The van der Waals surface area contributed by atoms with Crippen molar-refractivity contribution in [2.75, 3.05) is 0 Å². The molecule has 0 aliphatic carbocycles. The van der Waals surface area contributed by atoms with Crippen molar-refractivity contribution < 1.29 is 5.11 Å². The number of rotatable bonds is 3. The Morgan fingerprint density at radius 3 is 3.00 bits per heavy atom. The number of hydrogen-bond acceptors (Lipinski definition) is 3. The molecule has 1 N–H and O–H groups in total. The molecule has 0 aliphatic rings. The van der Waals surface area contributed by atoms with E-state index in [-0.39, 0.29) is 0 Å². The number of pyridine rings is 1. The van der Waals surface area contributed by atoms with Crippen LogP contribution in [-0.4, -0.2) is 14.7 Å². The standard InChI is InChI=1S/C13H13N3O/c1-10(17)11-4-6-16(8-11)9-12-3-2-5-15-13(12)7-14/h2-6,8,10,17H,9H2,1H3. The minimum atomic E-state index is -0.472. The first kappa shape index (κ1) is 11.4. The molecule has 2 heterocycles. The van der Waals surface area contributed by atoms with Crippen LogP contribution in [0.1, 0.15) is 29.8 Å². The van der Waals surface area contributed by atoms with Crippen molar-refractivity contribution in [3.8, 4) is 6.07 Å². The van der Waals surface area contributed by atoms with Crippen LogP contribution >= 0.6 is 0 Å². The number of nitriles is 1. The Morgan fingerprint density at radius 2 is 2.35 bits per heavy atom. The zero-order chi connectivity index (χ0) is 12.3. The van der Waals surface area contributed by atoms with Gasteiger partial charge in [0.2, 0.25) is 0 Å². The van der Waals surface area contributed by atoms with Gasteiger partial charge in [-0.25, -0.2) is 4.98 Å². The third-order valence-corrected chi connectivity index (χ3v) is 2.61. The van der Waals surface area contributed by atoms with Crippen molar-refractivity contribution >= 4 is 0 Å². The minimum absolute atomic E-state index is 0.444. The highest BCUT2D eigenvalue weighted by molar-refractivity contribution is 5.31. The molecule has 1 unspecified atom stereocenters. The Kier molecular flexibility index (Phi) is 3.22. The average molecular weight is 227 g/mol. The summed E-state index contributed by atoms with van der Waals surface area (Å²) < 4.78 is 1.93. The zero-order valence-electron chi connectivity index (χ0n) is 9.54. The second-order valence-corrected chi connectivity index (χ2v) is 3.92. The maximum Gasteiger partial charge on any atom is 0.145 e. The molecule has 0 aromatic carbocycles. The van der Waals surface area contributed by atoms with E-state index in [2.05, 4.69) is 11.1 Å². The maximum absolute atomic E-state index is 9.43. The molecule has 86 valence electrons. The van der Waals surface area contributed by atoms with Crippen LogP contribution in [0.15, 0.2) is 36.8 Å². The smallest absolute Gasteiger partial charge is 0.145 e. The number of hydrogen-bond donors (Lipinski definition) is 1. The van der Waals surface area contributed by atoms with Gasteiger partial charge < -0.3 is 9.67 Å². The van der Waals surface area contributed by atoms with E-state index in [1.54, 1.807) is 13.1 Å². The van der Waals surface area contributed by atoms with E-state index in [1.165, 1.54) is 0 Å². The highest BCUT2D eigenvalue weighted by Crippen LogP contribution is 2.14. The first-order valence-corrected chi connectivity index (χ1v) is 5.38. The number of nitrogens with zero attached hydrogens (tertiary/aromatic N) is 3. The molecular formula is C13H13N3O. The molecule has 0 fully saturated rings. The summed E-state index contributed by atoms with van der Waals surface area (Å²) in [6.45, 7) is 2.31. The van der Waals surface area contributed by atoms with Gasteiger partial charge in [-0.3, -0.25) is 0 Å². The van der Waals surface area contributed by atoms with Crippen molar-refractivity contribution in [1.29, 1.82) is 5.26 Å². The molecule has 0 amide bonds. The summed E-state index contributed by atoms with van der Waals surface area (Å²) in [5, 5.41) is 18.4. The predicted octanol–water partition coefficient (Wildman–Crippen LogP) is 1.86. The van der Waals surface area contributed by atoms with Crippen LogP contribution in [0.3, 0.4) is 0 Å². The number of aliphatic hydroxyl groups is 1. The van der Waals surface area contributed by atoms with Crippen molar-refractivity contribution in [2.24, 2.45) is 0 Å². The Labute approximate surface area is 99.8 Å². The van der Waals surface area contributed by atoms with E-state index in [0.29, 0.717) is 12.2 Å². The van der Waals surface area contributed by atoms with E-state index in [9.17, 15) is 5.11 Å². The van der Waals surface area contributed by atoms with Crippen LogP contribution in [0, 0.1) is 11.3 Å². The van der Waals surface area contributed by atoms with Gasteiger partial charge in [0.15, 0.2) is 0 Å². The lowest BCUT2D eigenvalue weighted by Gasteiger charge is -2.04. The fourth-order valence-electron chi connectivity index (χ4n) is 1.67. The van der Waals surface area contributed by atoms with Crippen LogP contribution in [0.25, 0.3) is 0 Å². The highest BCUT2D eigenvalue weighted by atomic mass is 16.3. The largest absolute Gasteiger partial charge is 0.389 e. The fourth-order valence-corrected chi connectivity index (χ4v) is 1.67. The van der Waals surface area contributed by atoms with E-state index in [4.69, 9.17) is 5.26 Å². The molecule has 0 saturated carbocycles. The summed E-state index contributed by atoms with van der Waals surface area (Å²) in [7, 11) is 0. The maximum atomic E-state index is 9.43. The lowest BCUT2D eigenvalue weighted by Crippen LogP contribution is -2.00. The van der Waals surface area contributed by atoms with Crippen LogP contribution in [0.2, 0.25) is 0 Å². The number of aromatic nitrogens is 2. The molecule has 0 spiro atoms. The van der Waals surface area contributed by atoms with Crippen molar-refractivity contribution in [3.05, 3.63) is 53.6 Å². The Morgan fingerprint density at radius 1 is 1.53 bits per heavy atom. The lowest BCUT2D eigenvalue weighted by atomic mass is 10.2. The SMILES string of the molecule is CC(O)c1ccn(Cc2cccnc2C#N)c1. The average Bonchev–Trinajstić information content (AvgIpc) is 2.78. The quantitative estimate of drug-likeness (QED) is 0.870. The molecule has 17 heavy (non-hydrogen) atoms. The van der Waals surface area contributed by atoms with Gasteiger partial charge >= 0.3 is 0 Å². The van der Waals surface area contributed by atoms with E-state index < -0.39 is 6.10 Å². The first-order valence-electron chi connectivity index (χ1n) is 5.38. The third-order valence-electron chi connectivity index (χ3n) is 2.61. The van der Waals surface area contributed by atoms with Gasteiger partial charge in [-0.05, 0) is 24.6 Å². The Bertz CT molecular complexity index is 552.